The Hall–Kier alpha value is -3.97. The zero-order valence-electron chi connectivity index (χ0n) is 17.0. The van der Waals surface area contributed by atoms with Crippen molar-refractivity contribution in [2.24, 2.45) is 0 Å². The number of benzene rings is 2. The number of aromatic amines is 1. The van der Waals surface area contributed by atoms with Gasteiger partial charge in [0.25, 0.3) is 5.91 Å². The summed E-state index contributed by atoms with van der Waals surface area (Å²) in [5, 5.41) is 9.63. The first-order valence-electron chi connectivity index (χ1n) is 10.2. The maximum absolute atomic E-state index is 13.2. The molecule has 0 radical (unpaired) electrons. The molecule has 32 heavy (non-hydrogen) atoms. The number of hydrogen-bond donors (Lipinski definition) is 3. The van der Waals surface area contributed by atoms with E-state index in [0.29, 0.717) is 17.1 Å². The summed E-state index contributed by atoms with van der Waals surface area (Å²) >= 11 is 1.34. The average molecular weight is 441 g/mol. The maximum Gasteiger partial charge on any atom is 0.262 e. The van der Waals surface area contributed by atoms with Gasteiger partial charge >= 0.3 is 0 Å². The second-order valence-electron chi connectivity index (χ2n) is 7.45. The zero-order chi connectivity index (χ0) is 21.9. The van der Waals surface area contributed by atoms with Crippen LogP contribution in [0.15, 0.2) is 84.4 Å². The van der Waals surface area contributed by atoms with E-state index in [2.05, 4.69) is 20.6 Å². The number of H-pyrrole nitrogens is 1. The number of carbonyl (C=O) groups is 2. The van der Waals surface area contributed by atoms with Crippen molar-refractivity contribution in [1.29, 1.82) is 0 Å². The molecular formula is C25H20N4O2S. The smallest absolute Gasteiger partial charge is 0.262 e. The largest absolute Gasteiger partial charge is 0.361 e. The molecule has 0 saturated carbocycles. The lowest BCUT2D eigenvalue weighted by Crippen LogP contribution is -2.45. The minimum atomic E-state index is -0.767. The summed E-state index contributed by atoms with van der Waals surface area (Å²) in [6.45, 7) is 0. The van der Waals surface area contributed by atoms with Crippen molar-refractivity contribution in [2.45, 2.75) is 12.5 Å². The molecule has 1 atom stereocenters. The summed E-state index contributed by atoms with van der Waals surface area (Å²) < 4.78 is 0. The standard InChI is InChI=1S/C25H20N4O2S/c30-24(29-23-12-11-16-6-1-3-8-19(16)27-23)21(28-25(31)22-10-5-13-32-22)14-17-15-26-20-9-4-2-7-18(17)20/h1-13,15,21,26H,14H2,(H,28,31)(H,27,29,30)/t21-/m0/s1. The van der Waals surface area contributed by atoms with Gasteiger partial charge in [0.2, 0.25) is 5.91 Å². The average Bonchev–Trinajstić information content (AvgIpc) is 3.49. The normalized spacial score (nSPS) is 12.0. The van der Waals surface area contributed by atoms with E-state index in [1.807, 2.05) is 72.2 Å². The molecule has 0 fully saturated rings. The number of rotatable bonds is 6. The van der Waals surface area contributed by atoms with Crippen LogP contribution in [0.5, 0.6) is 0 Å². The molecule has 3 N–H and O–H groups in total. The number of hydrogen-bond acceptors (Lipinski definition) is 4. The van der Waals surface area contributed by atoms with E-state index >= 15 is 0 Å². The summed E-state index contributed by atoms with van der Waals surface area (Å²) in [5.74, 6) is -0.141. The van der Waals surface area contributed by atoms with Gasteiger partial charge in [0.15, 0.2) is 0 Å². The molecule has 2 amide bonds. The van der Waals surface area contributed by atoms with Crippen LogP contribution in [0.1, 0.15) is 15.2 Å². The lowest BCUT2D eigenvalue weighted by molar-refractivity contribution is -0.118. The fourth-order valence-corrected chi connectivity index (χ4v) is 4.34. The molecule has 5 rings (SSSR count). The summed E-state index contributed by atoms with van der Waals surface area (Å²) in [6.07, 6.45) is 2.23. The van der Waals surface area contributed by atoms with Crippen LogP contribution in [0.4, 0.5) is 5.82 Å². The summed E-state index contributed by atoms with van der Waals surface area (Å²) in [7, 11) is 0. The minimum Gasteiger partial charge on any atom is -0.361 e. The van der Waals surface area contributed by atoms with Crippen molar-refractivity contribution in [3.8, 4) is 0 Å². The van der Waals surface area contributed by atoms with Gasteiger partial charge in [-0.1, -0.05) is 42.5 Å². The Labute approximate surface area is 188 Å². The Morgan fingerprint density at radius 3 is 2.69 bits per heavy atom. The van der Waals surface area contributed by atoms with Gasteiger partial charge < -0.3 is 15.6 Å². The zero-order valence-corrected chi connectivity index (χ0v) is 17.9. The molecule has 0 saturated heterocycles. The van der Waals surface area contributed by atoms with E-state index in [1.165, 1.54) is 11.3 Å². The van der Waals surface area contributed by atoms with Crippen LogP contribution in [0.2, 0.25) is 0 Å². The molecule has 3 aromatic heterocycles. The maximum atomic E-state index is 13.2. The van der Waals surface area contributed by atoms with Gasteiger partial charge in [-0.15, -0.1) is 11.3 Å². The molecule has 2 aromatic carbocycles. The third-order valence-corrected chi connectivity index (χ3v) is 6.18. The SMILES string of the molecule is O=C(N[C@@H](Cc1c[nH]c2ccccc12)C(=O)Nc1ccc2ccccc2n1)c1cccs1. The first kappa shape index (κ1) is 20.0. The second kappa shape index (κ2) is 8.64. The lowest BCUT2D eigenvalue weighted by Gasteiger charge is -2.18. The molecule has 158 valence electrons. The van der Waals surface area contributed by atoms with Crippen LogP contribution in [0.3, 0.4) is 0 Å². The van der Waals surface area contributed by atoms with Gasteiger partial charge in [-0.05, 0) is 41.3 Å². The third-order valence-electron chi connectivity index (χ3n) is 5.32. The number of fused-ring (bicyclic) bond motifs is 2. The monoisotopic (exact) mass is 440 g/mol. The van der Waals surface area contributed by atoms with E-state index in [4.69, 9.17) is 0 Å². The Morgan fingerprint density at radius 2 is 1.81 bits per heavy atom. The van der Waals surface area contributed by atoms with Crippen LogP contribution in [0.25, 0.3) is 21.8 Å². The topological polar surface area (TPSA) is 86.9 Å². The molecule has 3 heterocycles. The van der Waals surface area contributed by atoms with Gasteiger partial charge in [-0.2, -0.15) is 0 Å². The minimum absolute atomic E-state index is 0.272. The number of anilines is 1. The number of thiophene rings is 1. The lowest BCUT2D eigenvalue weighted by atomic mass is 10.0. The fourth-order valence-electron chi connectivity index (χ4n) is 3.72. The highest BCUT2D eigenvalue weighted by Crippen LogP contribution is 2.20. The van der Waals surface area contributed by atoms with E-state index in [1.54, 1.807) is 12.1 Å². The Bertz CT molecular complexity index is 1410. The van der Waals surface area contributed by atoms with Crippen molar-refractivity contribution < 1.29 is 9.59 Å². The molecule has 7 heteroatoms. The summed E-state index contributed by atoms with van der Waals surface area (Å²) in [4.78, 5) is 34.3. The molecule has 0 spiro atoms. The third kappa shape index (κ3) is 4.10. The predicted octanol–water partition coefficient (Wildman–Crippen LogP) is 4.76. The first-order valence-corrected chi connectivity index (χ1v) is 11.1. The number of carbonyl (C=O) groups excluding carboxylic acids is 2. The highest BCUT2D eigenvalue weighted by Gasteiger charge is 2.24. The molecule has 0 unspecified atom stereocenters. The van der Waals surface area contributed by atoms with Gasteiger partial charge in [0.05, 0.1) is 10.4 Å². The number of nitrogens with zero attached hydrogens (tertiary/aromatic N) is 1. The highest BCUT2D eigenvalue weighted by molar-refractivity contribution is 7.12. The van der Waals surface area contributed by atoms with Crippen LogP contribution in [-0.2, 0) is 11.2 Å². The van der Waals surface area contributed by atoms with Crippen molar-refractivity contribution >= 4 is 50.8 Å². The number of nitrogens with one attached hydrogen (secondary N) is 3. The molecule has 6 nitrogen and oxygen atoms in total. The van der Waals surface area contributed by atoms with Crippen molar-refractivity contribution in [3.05, 3.63) is 94.8 Å². The number of pyridine rings is 1. The van der Waals surface area contributed by atoms with Gasteiger partial charge in [-0.3, -0.25) is 9.59 Å². The predicted molar refractivity (Wildman–Crippen MR) is 128 cm³/mol. The first-order chi connectivity index (χ1) is 15.7. The quantitative estimate of drug-likeness (QED) is 0.356. The molecule has 0 aliphatic rings. The van der Waals surface area contributed by atoms with E-state index in [9.17, 15) is 9.59 Å². The Balaban J connectivity index is 1.42. The van der Waals surface area contributed by atoms with Gasteiger partial charge in [0, 0.05) is 28.9 Å². The fraction of sp³-hybridized carbons (Fsp3) is 0.0800. The van der Waals surface area contributed by atoms with E-state index < -0.39 is 6.04 Å². The van der Waals surface area contributed by atoms with Crippen LogP contribution >= 0.6 is 11.3 Å². The Kier molecular flexibility index (Phi) is 5.39. The molecule has 0 aliphatic carbocycles. The molecule has 5 aromatic rings. The van der Waals surface area contributed by atoms with Gasteiger partial charge in [0.1, 0.15) is 11.9 Å². The second-order valence-corrected chi connectivity index (χ2v) is 8.39. The summed E-state index contributed by atoms with van der Waals surface area (Å²) in [5.41, 5.74) is 2.74. The van der Waals surface area contributed by atoms with Crippen molar-refractivity contribution in [3.63, 3.8) is 0 Å². The number of aromatic nitrogens is 2. The molecular weight excluding hydrogens is 420 g/mol. The number of amides is 2. The van der Waals surface area contributed by atoms with E-state index in [0.717, 1.165) is 27.4 Å². The number of para-hydroxylation sites is 2. The van der Waals surface area contributed by atoms with Crippen molar-refractivity contribution in [2.75, 3.05) is 5.32 Å². The van der Waals surface area contributed by atoms with Crippen molar-refractivity contribution in [1.82, 2.24) is 15.3 Å². The highest BCUT2D eigenvalue weighted by atomic mass is 32.1. The van der Waals surface area contributed by atoms with Crippen LogP contribution in [0, 0.1) is 0 Å². The van der Waals surface area contributed by atoms with Gasteiger partial charge in [-0.25, -0.2) is 4.98 Å². The van der Waals surface area contributed by atoms with Crippen LogP contribution < -0.4 is 10.6 Å². The Morgan fingerprint density at radius 1 is 0.969 bits per heavy atom. The summed E-state index contributed by atoms with van der Waals surface area (Å²) in [6, 6.07) is 22.1. The van der Waals surface area contributed by atoms with E-state index in [-0.39, 0.29) is 11.8 Å². The molecule has 0 aliphatic heterocycles. The molecule has 0 bridgehead atoms. The van der Waals surface area contributed by atoms with Crippen LogP contribution in [-0.4, -0.2) is 27.8 Å².